The van der Waals surface area contributed by atoms with Gasteiger partial charge in [-0.3, -0.25) is 24.2 Å². The molecule has 10 nitrogen and oxygen atoms in total. The number of hydrogen-bond acceptors (Lipinski definition) is 6. The van der Waals surface area contributed by atoms with Crippen LogP contribution < -0.4 is 15.0 Å². The summed E-state index contributed by atoms with van der Waals surface area (Å²) < 4.78 is 59.1. The van der Waals surface area contributed by atoms with Gasteiger partial charge in [0.15, 0.2) is 0 Å². The van der Waals surface area contributed by atoms with Crippen molar-refractivity contribution in [2.45, 2.75) is 44.4 Å². The van der Waals surface area contributed by atoms with Crippen molar-refractivity contribution < 1.29 is 46.6 Å². The van der Waals surface area contributed by atoms with E-state index in [1.807, 2.05) is 0 Å². The van der Waals surface area contributed by atoms with Crippen molar-refractivity contribution in [3.05, 3.63) is 59.4 Å². The Morgan fingerprint density at radius 2 is 1.70 bits per heavy atom. The molecule has 2 heterocycles. The number of nitrogens with zero attached hydrogens (tertiary/aromatic N) is 3. The number of anilines is 1. The number of hydrogen-bond donors (Lipinski definition) is 2. The number of rotatable bonds is 8. The van der Waals surface area contributed by atoms with E-state index < -0.39 is 64.4 Å². The molecule has 2 aliphatic rings. The summed E-state index contributed by atoms with van der Waals surface area (Å²) in [7, 11) is 1.37. The predicted molar refractivity (Wildman–Crippen MR) is 146 cm³/mol. The lowest BCUT2D eigenvalue weighted by Crippen LogP contribution is -2.60. The van der Waals surface area contributed by atoms with Gasteiger partial charge < -0.3 is 20.1 Å². The maximum Gasteiger partial charge on any atom is 0.416 e. The van der Waals surface area contributed by atoms with Crippen LogP contribution >= 0.6 is 0 Å². The molecule has 0 aliphatic carbocycles. The highest BCUT2D eigenvalue weighted by molar-refractivity contribution is 6.16. The van der Waals surface area contributed by atoms with Gasteiger partial charge >= 0.3 is 12.2 Å². The Labute approximate surface area is 245 Å². The first-order valence-corrected chi connectivity index (χ1v) is 13.6. The highest BCUT2D eigenvalue weighted by Crippen LogP contribution is 2.41. The highest BCUT2D eigenvalue weighted by atomic mass is 19.4. The van der Waals surface area contributed by atoms with Crippen molar-refractivity contribution in [1.29, 1.82) is 0 Å². The van der Waals surface area contributed by atoms with Crippen molar-refractivity contribution in [3.8, 4) is 5.75 Å². The molecule has 2 aromatic rings. The van der Waals surface area contributed by atoms with Gasteiger partial charge in [0.1, 0.15) is 29.8 Å². The molecule has 1 spiro atoms. The summed E-state index contributed by atoms with van der Waals surface area (Å²) in [6.07, 6.45) is -4.63. The number of nitrogens with one attached hydrogen (secondary N) is 1. The number of imide groups is 1. The third-order valence-electron chi connectivity index (χ3n) is 7.72. The molecular formula is C29H32F4N4O6. The molecule has 0 bridgehead atoms. The van der Waals surface area contributed by atoms with E-state index in [0.717, 1.165) is 4.90 Å². The standard InChI is InChI=1S/C29H32F4N4O6/c1-17(2)23(34-24(39)21-16-18(29(31,32)33)4-9-22(21)30)25(40)36-12-10-28(11-13-36)26(41)35(3)27(42)37(28)19-5-7-20(8-6-19)43-15-14-38/h4-9,16-17,23,38H,10-15H2,1-3H3,(H,34,39). The van der Waals surface area contributed by atoms with Gasteiger partial charge in [0.25, 0.3) is 11.8 Å². The van der Waals surface area contributed by atoms with Crippen LogP contribution in [0.15, 0.2) is 42.5 Å². The summed E-state index contributed by atoms with van der Waals surface area (Å²) in [5.41, 5.74) is -2.87. The van der Waals surface area contributed by atoms with Gasteiger partial charge in [-0.05, 0) is 61.2 Å². The maximum atomic E-state index is 14.3. The van der Waals surface area contributed by atoms with Crippen LogP contribution in [0.25, 0.3) is 0 Å². The first kappa shape index (κ1) is 31.7. The minimum absolute atomic E-state index is 0.0386. The average Bonchev–Trinajstić information content (AvgIpc) is 3.14. The molecule has 2 aliphatic heterocycles. The Kier molecular flexibility index (Phi) is 9.00. The Bertz CT molecular complexity index is 1390. The molecule has 2 aromatic carbocycles. The van der Waals surface area contributed by atoms with Gasteiger partial charge in [-0.1, -0.05) is 13.8 Å². The van der Waals surface area contributed by atoms with Crippen LogP contribution in [-0.4, -0.2) is 83.6 Å². The Morgan fingerprint density at radius 1 is 1.07 bits per heavy atom. The first-order chi connectivity index (χ1) is 20.2. The van der Waals surface area contributed by atoms with Gasteiger partial charge in [-0.15, -0.1) is 0 Å². The monoisotopic (exact) mass is 608 g/mol. The molecular weight excluding hydrogens is 576 g/mol. The molecule has 2 fully saturated rings. The second kappa shape index (κ2) is 12.2. The Hall–Kier alpha value is -4.20. The van der Waals surface area contributed by atoms with Crippen LogP contribution in [-0.2, 0) is 15.8 Å². The smallest absolute Gasteiger partial charge is 0.416 e. The van der Waals surface area contributed by atoms with Crippen LogP contribution in [0, 0.1) is 11.7 Å². The average molecular weight is 609 g/mol. The SMILES string of the molecule is CC(C)C(NC(=O)c1cc(C(F)(F)F)ccc1F)C(=O)N1CCC2(CC1)C(=O)N(C)C(=O)N2c1ccc(OCCO)cc1. The maximum absolute atomic E-state index is 14.3. The zero-order valence-corrected chi connectivity index (χ0v) is 23.8. The first-order valence-electron chi connectivity index (χ1n) is 13.6. The third kappa shape index (κ3) is 6.14. The number of aliphatic hydroxyl groups excluding tert-OH is 1. The van der Waals surface area contributed by atoms with Gasteiger partial charge in [0.05, 0.1) is 17.7 Å². The number of carbonyl (C=O) groups is 4. The number of benzene rings is 2. The number of urea groups is 1. The van der Waals surface area contributed by atoms with Crippen LogP contribution in [0.5, 0.6) is 5.75 Å². The van der Waals surface area contributed by atoms with Crippen LogP contribution in [0.2, 0.25) is 0 Å². The van der Waals surface area contributed by atoms with Crippen LogP contribution in [0.3, 0.4) is 0 Å². The number of halogens is 4. The van der Waals surface area contributed by atoms with Crippen molar-refractivity contribution in [2.24, 2.45) is 5.92 Å². The van der Waals surface area contributed by atoms with E-state index in [9.17, 15) is 36.7 Å². The van der Waals surface area contributed by atoms with E-state index in [2.05, 4.69) is 5.32 Å². The van der Waals surface area contributed by atoms with E-state index in [-0.39, 0.29) is 39.1 Å². The molecule has 14 heteroatoms. The van der Waals surface area contributed by atoms with Crippen molar-refractivity contribution >= 4 is 29.4 Å². The molecule has 0 radical (unpaired) electrons. The Morgan fingerprint density at radius 3 is 2.26 bits per heavy atom. The van der Waals surface area contributed by atoms with Gasteiger partial charge in [-0.25, -0.2) is 9.18 Å². The largest absolute Gasteiger partial charge is 0.491 e. The second-order valence-corrected chi connectivity index (χ2v) is 10.8. The quantitative estimate of drug-likeness (QED) is 0.350. The molecule has 0 aromatic heterocycles. The molecule has 5 amide bonds. The number of amides is 5. The molecule has 0 saturated carbocycles. The number of piperidine rings is 1. The van der Waals surface area contributed by atoms with E-state index in [1.165, 1.54) is 16.8 Å². The van der Waals surface area contributed by atoms with Gasteiger partial charge in [0, 0.05) is 25.8 Å². The number of likely N-dealkylation sites (tertiary alicyclic amines) is 1. The van der Waals surface area contributed by atoms with Crippen molar-refractivity contribution in [1.82, 2.24) is 15.1 Å². The minimum Gasteiger partial charge on any atom is -0.491 e. The Balaban J connectivity index is 1.51. The summed E-state index contributed by atoms with van der Waals surface area (Å²) in [4.78, 5) is 56.7. The lowest BCUT2D eigenvalue weighted by atomic mass is 9.85. The van der Waals surface area contributed by atoms with Crippen LogP contribution in [0.1, 0.15) is 42.6 Å². The van der Waals surface area contributed by atoms with Crippen molar-refractivity contribution in [2.75, 3.05) is 38.3 Å². The van der Waals surface area contributed by atoms with Gasteiger partial charge in [-0.2, -0.15) is 13.2 Å². The minimum atomic E-state index is -4.80. The summed E-state index contributed by atoms with van der Waals surface area (Å²) in [5, 5.41) is 11.3. The fraction of sp³-hybridized carbons (Fsp3) is 0.448. The third-order valence-corrected chi connectivity index (χ3v) is 7.72. The molecule has 1 unspecified atom stereocenters. The molecule has 232 valence electrons. The molecule has 2 N–H and O–H groups in total. The van der Waals surface area contributed by atoms with Crippen LogP contribution in [0.4, 0.5) is 28.0 Å². The van der Waals surface area contributed by atoms with E-state index in [1.54, 1.807) is 38.1 Å². The van der Waals surface area contributed by atoms with E-state index in [4.69, 9.17) is 9.84 Å². The number of alkyl halides is 3. The fourth-order valence-corrected chi connectivity index (χ4v) is 5.38. The second-order valence-electron chi connectivity index (χ2n) is 10.8. The fourth-order valence-electron chi connectivity index (χ4n) is 5.38. The molecule has 1 atom stereocenters. The lowest BCUT2D eigenvalue weighted by Gasteiger charge is -2.43. The van der Waals surface area contributed by atoms with Gasteiger partial charge in [0.2, 0.25) is 5.91 Å². The zero-order chi connectivity index (χ0) is 31.7. The topological polar surface area (TPSA) is 119 Å². The van der Waals surface area contributed by atoms with E-state index in [0.29, 0.717) is 29.6 Å². The van der Waals surface area contributed by atoms with Crippen molar-refractivity contribution in [3.63, 3.8) is 0 Å². The molecule has 43 heavy (non-hydrogen) atoms. The number of ether oxygens (including phenoxy) is 1. The molecule has 2 saturated heterocycles. The predicted octanol–water partition coefficient (Wildman–Crippen LogP) is 3.43. The summed E-state index contributed by atoms with van der Waals surface area (Å²) >= 11 is 0. The summed E-state index contributed by atoms with van der Waals surface area (Å²) in [5.74, 6) is -3.36. The summed E-state index contributed by atoms with van der Waals surface area (Å²) in [6.45, 7) is 3.24. The zero-order valence-electron chi connectivity index (χ0n) is 23.8. The highest BCUT2D eigenvalue weighted by Gasteiger charge is 2.58. The number of carbonyl (C=O) groups excluding carboxylic acids is 4. The number of likely N-dealkylation sites (N-methyl/N-ethyl adjacent to an activating group) is 1. The lowest BCUT2D eigenvalue weighted by molar-refractivity contribution is -0.139. The number of aliphatic hydroxyl groups is 1. The normalized spacial score (nSPS) is 17.6. The van der Waals surface area contributed by atoms with E-state index >= 15 is 0 Å². The summed E-state index contributed by atoms with van der Waals surface area (Å²) in [6, 6.07) is 6.19. The molecule has 4 rings (SSSR count).